The van der Waals surface area contributed by atoms with E-state index < -0.39 is 0 Å². The van der Waals surface area contributed by atoms with Crippen LogP contribution in [0.3, 0.4) is 0 Å². The van der Waals surface area contributed by atoms with Gasteiger partial charge in [0, 0.05) is 18.2 Å². The summed E-state index contributed by atoms with van der Waals surface area (Å²) in [5, 5.41) is 13.5. The molecule has 0 aromatic heterocycles. The summed E-state index contributed by atoms with van der Waals surface area (Å²) >= 11 is 0. The number of hydrogen-bond acceptors (Lipinski definition) is 3. The van der Waals surface area contributed by atoms with Gasteiger partial charge in [-0.25, -0.2) is 0 Å². The van der Waals surface area contributed by atoms with Crippen LogP contribution in [0.1, 0.15) is 36.9 Å². The van der Waals surface area contributed by atoms with Gasteiger partial charge in [-0.1, -0.05) is 17.7 Å². The molecule has 2 atom stereocenters. The topological polar surface area (TPSA) is 35.5 Å². The summed E-state index contributed by atoms with van der Waals surface area (Å²) in [6.07, 6.45) is 2.61. The van der Waals surface area contributed by atoms with Crippen molar-refractivity contribution in [3.63, 3.8) is 0 Å². The van der Waals surface area contributed by atoms with Crippen molar-refractivity contribution >= 4 is 0 Å². The van der Waals surface area contributed by atoms with E-state index in [0.29, 0.717) is 5.75 Å². The second-order valence-electron chi connectivity index (χ2n) is 5.96. The number of benzene rings is 1. The third-order valence-electron chi connectivity index (χ3n) is 4.08. The quantitative estimate of drug-likeness (QED) is 0.876. The Morgan fingerprint density at radius 3 is 3.00 bits per heavy atom. The Balaban J connectivity index is 1.90. The first-order valence-electron chi connectivity index (χ1n) is 7.27. The van der Waals surface area contributed by atoms with E-state index in [4.69, 9.17) is 0 Å². The molecule has 0 amide bonds. The zero-order valence-electron chi connectivity index (χ0n) is 12.3. The first-order valence-corrected chi connectivity index (χ1v) is 7.27. The van der Waals surface area contributed by atoms with Crippen LogP contribution in [0.25, 0.3) is 0 Å². The van der Waals surface area contributed by atoms with Crippen LogP contribution in [0.4, 0.5) is 0 Å². The minimum atomic E-state index is 0.201. The van der Waals surface area contributed by atoms with Gasteiger partial charge in [0.15, 0.2) is 0 Å². The fraction of sp³-hybridized carbons (Fsp3) is 0.625. The van der Waals surface area contributed by atoms with Gasteiger partial charge in [-0.3, -0.25) is 0 Å². The maximum absolute atomic E-state index is 9.94. The highest BCUT2D eigenvalue weighted by Crippen LogP contribution is 2.25. The van der Waals surface area contributed by atoms with E-state index in [1.54, 1.807) is 6.07 Å². The number of aryl methyl sites for hydroxylation is 1. The highest BCUT2D eigenvalue weighted by molar-refractivity contribution is 5.37. The molecule has 1 aliphatic rings. The molecule has 1 aromatic rings. The minimum Gasteiger partial charge on any atom is -0.508 e. The van der Waals surface area contributed by atoms with Crippen molar-refractivity contribution in [3.8, 4) is 5.75 Å². The number of aromatic hydroxyl groups is 1. The lowest BCUT2D eigenvalue weighted by Gasteiger charge is -2.30. The molecule has 0 spiro atoms. The summed E-state index contributed by atoms with van der Waals surface area (Å²) in [6, 6.07) is 6.01. The normalized spacial score (nSPS) is 22.4. The standard InChI is InChI=1S/C16H26N2O/c1-12-6-7-16(19)15(9-12)13(2)17-10-14-5-4-8-18(3)11-14/h6-7,9,13-14,17,19H,4-5,8,10-11H2,1-3H3. The first-order chi connectivity index (χ1) is 9.06. The van der Waals surface area contributed by atoms with Gasteiger partial charge in [-0.2, -0.15) is 0 Å². The molecule has 1 saturated heterocycles. The van der Waals surface area contributed by atoms with Gasteiger partial charge >= 0.3 is 0 Å². The Kier molecular flexibility index (Phi) is 4.83. The lowest BCUT2D eigenvalue weighted by Crippen LogP contribution is -2.37. The molecule has 1 aliphatic heterocycles. The van der Waals surface area contributed by atoms with E-state index in [0.717, 1.165) is 18.0 Å². The average Bonchev–Trinajstić information content (AvgIpc) is 2.39. The molecule has 2 unspecified atom stereocenters. The fourth-order valence-corrected chi connectivity index (χ4v) is 2.91. The molecule has 2 N–H and O–H groups in total. The van der Waals surface area contributed by atoms with E-state index in [9.17, 15) is 5.11 Å². The van der Waals surface area contributed by atoms with E-state index in [2.05, 4.69) is 37.2 Å². The van der Waals surface area contributed by atoms with Crippen LogP contribution < -0.4 is 5.32 Å². The SMILES string of the molecule is Cc1ccc(O)c(C(C)NCC2CCCN(C)C2)c1. The van der Waals surface area contributed by atoms with E-state index in [1.165, 1.54) is 31.5 Å². The van der Waals surface area contributed by atoms with Crippen LogP contribution >= 0.6 is 0 Å². The number of likely N-dealkylation sites (tertiary alicyclic amines) is 1. The van der Waals surface area contributed by atoms with E-state index in [-0.39, 0.29) is 6.04 Å². The summed E-state index contributed by atoms with van der Waals surface area (Å²) in [5.41, 5.74) is 2.20. The predicted octanol–water partition coefficient (Wildman–Crippen LogP) is 2.69. The molecular formula is C16H26N2O. The van der Waals surface area contributed by atoms with Crippen molar-refractivity contribution < 1.29 is 5.11 Å². The van der Waals surface area contributed by atoms with Crippen molar-refractivity contribution in [2.24, 2.45) is 5.92 Å². The Hall–Kier alpha value is -1.06. The highest BCUT2D eigenvalue weighted by Gasteiger charge is 2.18. The number of piperidine rings is 1. The van der Waals surface area contributed by atoms with Gasteiger partial charge in [0.05, 0.1) is 0 Å². The lowest BCUT2D eigenvalue weighted by atomic mass is 9.97. The van der Waals surface area contributed by atoms with Gasteiger partial charge in [0.2, 0.25) is 0 Å². The number of phenolic OH excluding ortho intramolecular Hbond substituents is 1. The summed E-state index contributed by atoms with van der Waals surface area (Å²) < 4.78 is 0. The highest BCUT2D eigenvalue weighted by atomic mass is 16.3. The van der Waals surface area contributed by atoms with Gasteiger partial charge in [-0.15, -0.1) is 0 Å². The van der Waals surface area contributed by atoms with Gasteiger partial charge in [-0.05, 0) is 58.8 Å². The third-order valence-corrected chi connectivity index (χ3v) is 4.08. The number of nitrogens with one attached hydrogen (secondary N) is 1. The van der Waals surface area contributed by atoms with Crippen LogP contribution in [0.15, 0.2) is 18.2 Å². The number of nitrogens with zero attached hydrogens (tertiary/aromatic N) is 1. The fourth-order valence-electron chi connectivity index (χ4n) is 2.91. The Morgan fingerprint density at radius 1 is 1.47 bits per heavy atom. The molecule has 0 bridgehead atoms. The molecular weight excluding hydrogens is 236 g/mol. The van der Waals surface area contributed by atoms with Crippen molar-refractivity contribution in [2.45, 2.75) is 32.7 Å². The largest absolute Gasteiger partial charge is 0.508 e. The summed E-state index contributed by atoms with van der Waals surface area (Å²) in [4.78, 5) is 2.41. The molecule has 0 saturated carbocycles. The van der Waals surface area contributed by atoms with Gasteiger partial charge in [0.25, 0.3) is 0 Å². The monoisotopic (exact) mass is 262 g/mol. The zero-order valence-corrected chi connectivity index (χ0v) is 12.3. The Bertz CT molecular complexity index is 419. The predicted molar refractivity (Wildman–Crippen MR) is 79.5 cm³/mol. The zero-order chi connectivity index (χ0) is 13.8. The third kappa shape index (κ3) is 3.95. The van der Waals surface area contributed by atoms with Crippen LogP contribution in [0.2, 0.25) is 0 Å². The van der Waals surface area contributed by atoms with E-state index in [1.807, 2.05) is 6.07 Å². The van der Waals surface area contributed by atoms with Gasteiger partial charge in [0.1, 0.15) is 5.75 Å². The van der Waals surface area contributed by atoms with Crippen molar-refractivity contribution in [1.29, 1.82) is 0 Å². The van der Waals surface area contributed by atoms with Crippen molar-refractivity contribution in [3.05, 3.63) is 29.3 Å². The van der Waals surface area contributed by atoms with E-state index >= 15 is 0 Å². The molecule has 3 nitrogen and oxygen atoms in total. The van der Waals surface area contributed by atoms with Crippen LogP contribution in [0, 0.1) is 12.8 Å². The van der Waals surface area contributed by atoms with Crippen LogP contribution in [-0.4, -0.2) is 36.7 Å². The second-order valence-corrected chi connectivity index (χ2v) is 5.96. The van der Waals surface area contributed by atoms with Crippen molar-refractivity contribution in [2.75, 3.05) is 26.7 Å². The molecule has 1 fully saturated rings. The Morgan fingerprint density at radius 2 is 2.26 bits per heavy atom. The molecule has 1 aromatic carbocycles. The molecule has 0 aliphatic carbocycles. The van der Waals surface area contributed by atoms with Crippen molar-refractivity contribution in [1.82, 2.24) is 10.2 Å². The molecule has 19 heavy (non-hydrogen) atoms. The number of rotatable bonds is 4. The lowest BCUT2D eigenvalue weighted by molar-refractivity contribution is 0.203. The summed E-state index contributed by atoms with van der Waals surface area (Å²) in [6.45, 7) is 7.62. The molecule has 2 rings (SSSR count). The molecule has 1 heterocycles. The number of hydrogen-bond donors (Lipinski definition) is 2. The number of phenols is 1. The minimum absolute atomic E-state index is 0.201. The smallest absolute Gasteiger partial charge is 0.120 e. The maximum Gasteiger partial charge on any atom is 0.120 e. The average molecular weight is 262 g/mol. The Labute approximate surface area is 116 Å². The second kappa shape index (κ2) is 6.40. The van der Waals surface area contributed by atoms with Crippen LogP contribution in [-0.2, 0) is 0 Å². The van der Waals surface area contributed by atoms with Gasteiger partial charge < -0.3 is 15.3 Å². The summed E-state index contributed by atoms with van der Waals surface area (Å²) in [7, 11) is 2.20. The molecule has 106 valence electrons. The van der Waals surface area contributed by atoms with Crippen LogP contribution in [0.5, 0.6) is 5.75 Å². The maximum atomic E-state index is 9.94. The first kappa shape index (κ1) is 14.4. The molecule has 0 radical (unpaired) electrons. The summed E-state index contributed by atoms with van der Waals surface area (Å²) in [5.74, 6) is 1.12. The molecule has 3 heteroatoms.